The maximum absolute atomic E-state index is 13.4. The molecule has 0 unspecified atom stereocenters. The quantitative estimate of drug-likeness (QED) is 0.783. The molecule has 0 aliphatic carbocycles. The Kier molecular flexibility index (Phi) is 7.06. The maximum Gasteiger partial charge on any atom is 0.410 e. The van der Waals surface area contributed by atoms with Crippen molar-refractivity contribution < 1.29 is 14.3 Å². The molecule has 0 bridgehead atoms. The lowest BCUT2D eigenvalue weighted by Crippen LogP contribution is -2.55. The van der Waals surface area contributed by atoms with Crippen LogP contribution in [0.1, 0.15) is 65.0 Å². The molecule has 28 heavy (non-hydrogen) atoms. The smallest absolute Gasteiger partial charge is 0.410 e. The summed E-state index contributed by atoms with van der Waals surface area (Å²) < 4.78 is 5.53. The molecule has 1 fully saturated rings. The standard InChI is InChI=1S/C22H31N3O3/c1-16(2)25(15-18-11-7-6-10-17(18)14-23)20(26)19-12-8-9-13-24(19)21(27)28-22(3,4)5/h6-7,10-11,16,19H,8-9,12-13,15H2,1-5H3/t19-/m1/s1. The predicted molar refractivity (Wildman–Crippen MR) is 107 cm³/mol. The minimum Gasteiger partial charge on any atom is -0.444 e. The minimum absolute atomic E-state index is 0.0540. The number of ether oxygens (including phenoxy) is 1. The van der Waals surface area contributed by atoms with Gasteiger partial charge in [0.25, 0.3) is 0 Å². The average molecular weight is 386 g/mol. The van der Waals surface area contributed by atoms with E-state index in [-0.39, 0.29) is 11.9 Å². The number of piperidine rings is 1. The first-order valence-electron chi connectivity index (χ1n) is 9.92. The van der Waals surface area contributed by atoms with Gasteiger partial charge in [0.05, 0.1) is 11.6 Å². The SMILES string of the molecule is CC(C)N(Cc1ccccc1C#N)C(=O)[C@H]1CCCCN1C(=O)OC(C)(C)C. The zero-order chi connectivity index (χ0) is 20.9. The number of nitriles is 1. The molecule has 1 aromatic carbocycles. The molecule has 152 valence electrons. The van der Waals surface area contributed by atoms with Gasteiger partial charge in [-0.15, -0.1) is 0 Å². The van der Waals surface area contributed by atoms with Gasteiger partial charge in [0.1, 0.15) is 11.6 Å². The van der Waals surface area contributed by atoms with Gasteiger partial charge in [0, 0.05) is 19.1 Å². The summed E-state index contributed by atoms with van der Waals surface area (Å²) in [7, 11) is 0. The van der Waals surface area contributed by atoms with Crippen LogP contribution in [0.25, 0.3) is 0 Å². The predicted octanol–water partition coefficient (Wildman–Crippen LogP) is 4.08. The monoisotopic (exact) mass is 385 g/mol. The molecule has 6 nitrogen and oxygen atoms in total. The van der Waals surface area contributed by atoms with Crippen LogP contribution < -0.4 is 0 Å². The molecule has 0 spiro atoms. The third-order valence-corrected chi connectivity index (χ3v) is 4.80. The van der Waals surface area contributed by atoms with Crippen molar-refractivity contribution in [2.75, 3.05) is 6.54 Å². The highest BCUT2D eigenvalue weighted by Crippen LogP contribution is 2.24. The van der Waals surface area contributed by atoms with E-state index >= 15 is 0 Å². The van der Waals surface area contributed by atoms with Gasteiger partial charge in [0.2, 0.25) is 5.91 Å². The first-order chi connectivity index (χ1) is 13.1. The molecule has 0 N–H and O–H groups in total. The molecule has 2 amide bonds. The zero-order valence-electron chi connectivity index (χ0n) is 17.6. The molecule has 1 aliphatic rings. The minimum atomic E-state index is -0.606. The number of benzene rings is 1. The van der Waals surface area contributed by atoms with Gasteiger partial charge in [-0.05, 0) is 65.5 Å². The van der Waals surface area contributed by atoms with Crippen LogP contribution in [0.2, 0.25) is 0 Å². The van der Waals surface area contributed by atoms with Crippen LogP contribution in [0.3, 0.4) is 0 Å². The van der Waals surface area contributed by atoms with Crippen molar-refractivity contribution in [1.29, 1.82) is 5.26 Å². The second-order valence-electron chi connectivity index (χ2n) is 8.51. The van der Waals surface area contributed by atoms with Gasteiger partial charge >= 0.3 is 6.09 Å². The summed E-state index contributed by atoms with van der Waals surface area (Å²) in [6.07, 6.45) is 1.95. The first kappa shape index (κ1) is 21.7. The summed E-state index contributed by atoms with van der Waals surface area (Å²) in [5, 5.41) is 9.36. The number of likely N-dealkylation sites (tertiary alicyclic amines) is 1. The average Bonchev–Trinajstić information content (AvgIpc) is 2.64. The van der Waals surface area contributed by atoms with Crippen molar-refractivity contribution >= 4 is 12.0 Å². The lowest BCUT2D eigenvalue weighted by Gasteiger charge is -2.39. The maximum atomic E-state index is 13.4. The number of amides is 2. The summed E-state index contributed by atoms with van der Waals surface area (Å²) in [5.41, 5.74) is 0.770. The van der Waals surface area contributed by atoms with Crippen LogP contribution in [0.15, 0.2) is 24.3 Å². The molecule has 1 atom stereocenters. The lowest BCUT2D eigenvalue weighted by atomic mass is 10.00. The van der Waals surface area contributed by atoms with Crippen LogP contribution in [0.5, 0.6) is 0 Å². The molecule has 1 aromatic rings. The highest BCUT2D eigenvalue weighted by Gasteiger charge is 2.37. The van der Waals surface area contributed by atoms with Gasteiger partial charge in [0.15, 0.2) is 0 Å². The van der Waals surface area contributed by atoms with Crippen molar-refractivity contribution in [2.24, 2.45) is 0 Å². The van der Waals surface area contributed by atoms with Crippen molar-refractivity contribution in [2.45, 2.75) is 78.1 Å². The molecule has 0 aromatic heterocycles. The molecule has 6 heteroatoms. The van der Waals surface area contributed by atoms with Gasteiger partial charge < -0.3 is 9.64 Å². The Hall–Kier alpha value is -2.55. The van der Waals surface area contributed by atoms with Gasteiger partial charge in [-0.2, -0.15) is 5.26 Å². The fourth-order valence-corrected chi connectivity index (χ4v) is 3.38. The van der Waals surface area contributed by atoms with E-state index < -0.39 is 17.7 Å². The van der Waals surface area contributed by atoms with E-state index in [1.165, 1.54) is 0 Å². The number of carbonyl (C=O) groups excluding carboxylic acids is 2. The van der Waals surface area contributed by atoms with Gasteiger partial charge in [-0.25, -0.2) is 4.79 Å². The van der Waals surface area contributed by atoms with E-state index in [1.54, 1.807) is 15.9 Å². The van der Waals surface area contributed by atoms with E-state index in [0.29, 0.717) is 25.1 Å². The first-order valence-corrected chi connectivity index (χ1v) is 9.92. The Morgan fingerprint density at radius 1 is 1.29 bits per heavy atom. The van der Waals surface area contributed by atoms with Gasteiger partial charge in [-0.3, -0.25) is 9.69 Å². The Morgan fingerprint density at radius 2 is 1.96 bits per heavy atom. The summed E-state index contributed by atoms with van der Waals surface area (Å²) in [5.74, 6) is -0.0895. The Balaban J connectivity index is 2.24. The molecular formula is C22H31N3O3. The van der Waals surface area contributed by atoms with Crippen molar-refractivity contribution in [3.63, 3.8) is 0 Å². The molecule has 1 heterocycles. The zero-order valence-corrected chi connectivity index (χ0v) is 17.6. The fourth-order valence-electron chi connectivity index (χ4n) is 3.38. The van der Waals surface area contributed by atoms with E-state index in [4.69, 9.17) is 4.74 Å². The largest absolute Gasteiger partial charge is 0.444 e. The summed E-state index contributed by atoms with van der Waals surface area (Å²) in [4.78, 5) is 29.4. The highest BCUT2D eigenvalue weighted by atomic mass is 16.6. The third kappa shape index (κ3) is 5.48. The molecule has 0 radical (unpaired) electrons. The molecule has 1 saturated heterocycles. The van der Waals surface area contributed by atoms with Crippen molar-refractivity contribution in [3.8, 4) is 6.07 Å². The Labute approximate surface area is 168 Å². The summed E-state index contributed by atoms with van der Waals surface area (Å²) in [6.45, 7) is 10.2. The molecule has 2 rings (SSSR count). The third-order valence-electron chi connectivity index (χ3n) is 4.80. The second-order valence-corrected chi connectivity index (χ2v) is 8.51. The second kappa shape index (κ2) is 9.09. The van der Waals surface area contributed by atoms with Gasteiger partial charge in [-0.1, -0.05) is 18.2 Å². The van der Waals surface area contributed by atoms with Crippen molar-refractivity contribution in [3.05, 3.63) is 35.4 Å². The fraction of sp³-hybridized carbons (Fsp3) is 0.591. The van der Waals surface area contributed by atoms with E-state index in [0.717, 1.165) is 18.4 Å². The van der Waals surface area contributed by atoms with Crippen LogP contribution in [0, 0.1) is 11.3 Å². The normalized spacial score (nSPS) is 17.2. The lowest BCUT2D eigenvalue weighted by molar-refractivity contribution is -0.140. The molecule has 0 saturated carbocycles. The van der Waals surface area contributed by atoms with Crippen molar-refractivity contribution in [1.82, 2.24) is 9.80 Å². The molecular weight excluding hydrogens is 354 g/mol. The summed E-state index contributed by atoms with van der Waals surface area (Å²) >= 11 is 0. The van der Waals surface area contributed by atoms with Crippen LogP contribution in [-0.4, -0.2) is 46.0 Å². The van der Waals surface area contributed by atoms with Crippen LogP contribution in [0.4, 0.5) is 4.79 Å². The number of hydrogen-bond acceptors (Lipinski definition) is 4. The Bertz CT molecular complexity index is 746. The van der Waals surface area contributed by atoms with E-state index in [2.05, 4.69) is 6.07 Å². The van der Waals surface area contributed by atoms with E-state index in [1.807, 2.05) is 52.8 Å². The van der Waals surface area contributed by atoms with Crippen LogP contribution in [-0.2, 0) is 16.1 Å². The van der Waals surface area contributed by atoms with E-state index in [9.17, 15) is 14.9 Å². The molecule has 1 aliphatic heterocycles. The van der Waals surface area contributed by atoms with Crippen LogP contribution >= 0.6 is 0 Å². The number of nitrogens with zero attached hydrogens (tertiary/aromatic N) is 3. The summed E-state index contributed by atoms with van der Waals surface area (Å²) in [6, 6.07) is 8.91. The highest BCUT2D eigenvalue weighted by molar-refractivity contribution is 5.86. The number of hydrogen-bond donors (Lipinski definition) is 0. The Morgan fingerprint density at radius 3 is 2.57 bits per heavy atom. The number of carbonyl (C=O) groups is 2. The number of rotatable bonds is 4. The topological polar surface area (TPSA) is 73.6 Å².